The molecule has 2 nitrogen and oxygen atoms in total. The van der Waals surface area contributed by atoms with E-state index in [1.54, 1.807) is 0 Å². The Morgan fingerprint density at radius 1 is 1.00 bits per heavy atom. The van der Waals surface area contributed by atoms with Crippen LogP contribution in [-0.2, 0) is 9.47 Å². The lowest BCUT2D eigenvalue weighted by Gasteiger charge is -2.58. The van der Waals surface area contributed by atoms with Crippen molar-refractivity contribution >= 4 is 0 Å². The maximum atomic E-state index is 6.91. The van der Waals surface area contributed by atoms with Crippen molar-refractivity contribution in [1.29, 1.82) is 0 Å². The van der Waals surface area contributed by atoms with E-state index in [-0.39, 0.29) is 5.79 Å². The minimum Gasteiger partial charge on any atom is -0.349 e. The summed E-state index contributed by atoms with van der Waals surface area (Å²) in [7, 11) is 0. The smallest absolute Gasteiger partial charge is 0.171 e. The van der Waals surface area contributed by atoms with Gasteiger partial charge in [0.2, 0.25) is 0 Å². The Morgan fingerprint density at radius 3 is 2.66 bits per heavy atom. The van der Waals surface area contributed by atoms with E-state index in [0.717, 1.165) is 30.8 Å². The third kappa shape index (κ3) is 2.48. The molecule has 0 aromatic heterocycles. The van der Waals surface area contributed by atoms with Crippen molar-refractivity contribution in [2.75, 3.05) is 6.61 Å². The van der Waals surface area contributed by atoms with E-state index in [1.807, 2.05) is 5.57 Å². The Balaban J connectivity index is 1.29. The molecule has 2 saturated heterocycles. The summed E-state index contributed by atoms with van der Waals surface area (Å²) < 4.78 is 13.4. The Hall–Kier alpha value is -0.340. The summed E-state index contributed by atoms with van der Waals surface area (Å²) in [5, 5.41) is 0. The number of fused-ring (bicyclic) bond motifs is 7. The van der Waals surface area contributed by atoms with Crippen molar-refractivity contribution in [3.8, 4) is 0 Å². The van der Waals surface area contributed by atoms with Gasteiger partial charge in [0.15, 0.2) is 5.79 Å². The van der Waals surface area contributed by atoms with Crippen LogP contribution in [0.25, 0.3) is 0 Å². The van der Waals surface area contributed by atoms with Gasteiger partial charge in [0.25, 0.3) is 0 Å². The molecule has 1 spiro atoms. The van der Waals surface area contributed by atoms with Crippen LogP contribution in [0.4, 0.5) is 0 Å². The highest BCUT2D eigenvalue weighted by Crippen LogP contribution is 2.70. The molecule has 5 unspecified atom stereocenters. The highest BCUT2D eigenvalue weighted by atomic mass is 16.7. The van der Waals surface area contributed by atoms with Crippen LogP contribution in [0.1, 0.15) is 91.9 Å². The Bertz CT molecular complexity index is 703. The Morgan fingerprint density at radius 2 is 1.86 bits per heavy atom. The van der Waals surface area contributed by atoms with Crippen molar-refractivity contribution in [2.45, 2.75) is 104 Å². The van der Waals surface area contributed by atoms with Gasteiger partial charge in [-0.3, -0.25) is 0 Å². The van der Waals surface area contributed by atoms with Crippen LogP contribution < -0.4 is 0 Å². The first kappa shape index (κ1) is 19.4. The maximum Gasteiger partial charge on any atom is 0.171 e. The van der Waals surface area contributed by atoms with Crippen LogP contribution in [0.15, 0.2) is 11.6 Å². The van der Waals surface area contributed by atoms with E-state index < -0.39 is 0 Å². The molecular weight excluding hydrogens is 356 g/mol. The fourth-order valence-electron chi connectivity index (χ4n) is 9.72. The van der Waals surface area contributed by atoms with Gasteiger partial charge in [-0.15, -0.1) is 0 Å². The monoisotopic (exact) mass is 398 g/mol. The van der Waals surface area contributed by atoms with Gasteiger partial charge >= 0.3 is 0 Å². The minimum atomic E-state index is -0.262. The summed E-state index contributed by atoms with van der Waals surface area (Å²) in [5.41, 5.74) is 2.80. The first-order valence-electron chi connectivity index (χ1n) is 12.9. The number of hydrogen-bond acceptors (Lipinski definition) is 2. The van der Waals surface area contributed by atoms with E-state index in [9.17, 15) is 0 Å². The number of hydrogen-bond donors (Lipinski definition) is 0. The van der Waals surface area contributed by atoms with Crippen LogP contribution in [-0.4, -0.2) is 18.5 Å². The minimum absolute atomic E-state index is 0.262. The molecule has 29 heavy (non-hydrogen) atoms. The summed E-state index contributed by atoms with van der Waals surface area (Å²) in [6.45, 7) is 11.0. The second kappa shape index (κ2) is 6.35. The third-order valence-electron chi connectivity index (χ3n) is 11.3. The van der Waals surface area contributed by atoms with Gasteiger partial charge in [-0.1, -0.05) is 45.8 Å². The average Bonchev–Trinajstić information content (AvgIpc) is 3.15. The molecule has 6 rings (SSSR count). The predicted octanol–water partition coefficient (Wildman–Crippen LogP) is 6.74. The normalized spacial score (nSPS) is 58.9. The van der Waals surface area contributed by atoms with E-state index in [4.69, 9.17) is 9.47 Å². The lowest BCUT2D eigenvalue weighted by Crippen LogP contribution is -2.52. The SMILES string of the molecule is C[C@@H]1CC[C@@]2(OC1)OC1CC3C4CC=C5CCCC[C@]5(C)C4CC[C@]3(C)C1[C@@H]2C. The zero-order chi connectivity index (χ0) is 20.0. The predicted molar refractivity (Wildman–Crippen MR) is 116 cm³/mol. The average molecular weight is 399 g/mol. The lowest BCUT2D eigenvalue weighted by molar-refractivity contribution is -0.272. The molecule has 0 N–H and O–H groups in total. The van der Waals surface area contributed by atoms with Gasteiger partial charge in [0.1, 0.15) is 0 Å². The van der Waals surface area contributed by atoms with Gasteiger partial charge in [-0.05, 0) is 91.8 Å². The molecule has 0 aromatic carbocycles. The number of allylic oxidation sites excluding steroid dienone is 2. The van der Waals surface area contributed by atoms with E-state index in [1.165, 1.54) is 57.8 Å². The molecule has 0 aromatic rings. The molecule has 0 amide bonds. The molecule has 2 heterocycles. The third-order valence-corrected chi connectivity index (χ3v) is 11.3. The molecule has 4 aliphatic carbocycles. The van der Waals surface area contributed by atoms with Crippen LogP contribution in [0.5, 0.6) is 0 Å². The van der Waals surface area contributed by atoms with Gasteiger partial charge in [0.05, 0.1) is 12.7 Å². The fraction of sp³-hybridized carbons (Fsp3) is 0.926. The molecule has 0 bridgehead atoms. The largest absolute Gasteiger partial charge is 0.349 e. The lowest BCUT2D eigenvalue weighted by atomic mass is 9.47. The van der Waals surface area contributed by atoms with Crippen molar-refractivity contribution in [1.82, 2.24) is 0 Å². The van der Waals surface area contributed by atoms with Crippen LogP contribution >= 0.6 is 0 Å². The molecule has 2 heteroatoms. The van der Waals surface area contributed by atoms with Crippen molar-refractivity contribution in [3.05, 3.63) is 11.6 Å². The molecular formula is C27H42O2. The summed E-state index contributed by atoms with van der Waals surface area (Å²) >= 11 is 0. The topological polar surface area (TPSA) is 18.5 Å². The van der Waals surface area contributed by atoms with Gasteiger partial charge < -0.3 is 9.47 Å². The second-order valence-electron chi connectivity index (χ2n) is 12.5. The fourth-order valence-corrected chi connectivity index (χ4v) is 9.72. The second-order valence-corrected chi connectivity index (χ2v) is 12.5. The maximum absolute atomic E-state index is 6.91. The first-order chi connectivity index (χ1) is 13.9. The van der Waals surface area contributed by atoms with E-state index >= 15 is 0 Å². The molecule has 3 saturated carbocycles. The summed E-state index contributed by atoms with van der Waals surface area (Å²) in [6.07, 6.45) is 16.7. The first-order valence-corrected chi connectivity index (χ1v) is 12.9. The quantitative estimate of drug-likeness (QED) is 0.420. The Kier molecular flexibility index (Phi) is 4.23. The number of ether oxygens (including phenoxy) is 2. The van der Waals surface area contributed by atoms with Gasteiger partial charge in [0, 0.05) is 12.3 Å². The molecule has 6 aliphatic rings. The summed E-state index contributed by atoms with van der Waals surface area (Å²) in [5.74, 6) is 4.35. The van der Waals surface area contributed by atoms with E-state index in [2.05, 4.69) is 33.8 Å². The number of rotatable bonds is 0. The van der Waals surface area contributed by atoms with Crippen molar-refractivity contribution < 1.29 is 9.47 Å². The Labute approximate surface area is 178 Å². The van der Waals surface area contributed by atoms with E-state index in [0.29, 0.717) is 34.7 Å². The molecule has 162 valence electrons. The molecule has 2 aliphatic heterocycles. The summed E-state index contributed by atoms with van der Waals surface area (Å²) in [6, 6.07) is 0. The standard InChI is InChI=1S/C27H42O2/c1-17-10-14-27(28-16-17)18(2)24-23(29-27)15-22-20-9-8-19-7-5-6-12-25(19,3)21(20)11-13-26(22,24)4/h8,17-18,20-24H,5-7,9-16H2,1-4H3/t17-,18+,20?,21?,22?,23?,24?,25+,26+,27-/m1/s1. The molecule has 5 fully saturated rings. The highest BCUT2D eigenvalue weighted by molar-refractivity contribution is 5.25. The molecule has 0 radical (unpaired) electrons. The molecule has 10 atom stereocenters. The zero-order valence-electron chi connectivity index (χ0n) is 19.2. The van der Waals surface area contributed by atoms with Gasteiger partial charge in [-0.25, -0.2) is 0 Å². The van der Waals surface area contributed by atoms with Crippen LogP contribution in [0, 0.1) is 46.3 Å². The van der Waals surface area contributed by atoms with Crippen LogP contribution in [0.2, 0.25) is 0 Å². The highest BCUT2D eigenvalue weighted by Gasteiger charge is 2.68. The summed E-state index contributed by atoms with van der Waals surface area (Å²) in [4.78, 5) is 0. The van der Waals surface area contributed by atoms with Crippen LogP contribution in [0.3, 0.4) is 0 Å². The zero-order valence-corrected chi connectivity index (χ0v) is 19.2. The van der Waals surface area contributed by atoms with Crippen molar-refractivity contribution in [2.24, 2.45) is 46.3 Å². The van der Waals surface area contributed by atoms with Gasteiger partial charge in [-0.2, -0.15) is 0 Å². The van der Waals surface area contributed by atoms with Crippen molar-refractivity contribution in [3.63, 3.8) is 0 Å².